The molecule has 1 amide bonds. The van der Waals surface area contributed by atoms with Gasteiger partial charge in [-0.1, -0.05) is 12.1 Å². The lowest BCUT2D eigenvalue weighted by Crippen LogP contribution is -2.38. The van der Waals surface area contributed by atoms with E-state index in [-0.39, 0.29) is 29.7 Å². The molecule has 0 bridgehead atoms. The summed E-state index contributed by atoms with van der Waals surface area (Å²) in [6.45, 7) is 1.22. The van der Waals surface area contributed by atoms with Crippen molar-refractivity contribution in [1.82, 2.24) is 4.90 Å². The molecule has 7 heteroatoms. The van der Waals surface area contributed by atoms with Gasteiger partial charge < -0.3 is 9.64 Å². The summed E-state index contributed by atoms with van der Waals surface area (Å²) in [5.41, 5.74) is -0.0802. The maximum atomic E-state index is 11.9. The van der Waals surface area contributed by atoms with Crippen molar-refractivity contribution in [1.29, 1.82) is 0 Å². The van der Waals surface area contributed by atoms with Gasteiger partial charge in [0.25, 0.3) is 0 Å². The van der Waals surface area contributed by atoms with E-state index in [9.17, 15) is 19.7 Å². The maximum Gasteiger partial charge on any atom is 0.310 e. The molecule has 1 heterocycles. The van der Waals surface area contributed by atoms with Gasteiger partial charge in [-0.3, -0.25) is 19.7 Å². The molecule has 0 saturated carbocycles. The van der Waals surface area contributed by atoms with Gasteiger partial charge in [0.05, 0.1) is 11.5 Å². The Hall–Kier alpha value is -2.44. The summed E-state index contributed by atoms with van der Waals surface area (Å²) >= 11 is 0. The van der Waals surface area contributed by atoms with Gasteiger partial charge in [-0.25, -0.2) is 0 Å². The quantitative estimate of drug-likeness (QED) is 0.455. The van der Waals surface area contributed by atoms with Crippen molar-refractivity contribution in [2.24, 2.45) is 0 Å². The second-order valence-electron chi connectivity index (χ2n) is 5.10. The molecule has 1 fully saturated rings. The van der Waals surface area contributed by atoms with E-state index >= 15 is 0 Å². The summed E-state index contributed by atoms with van der Waals surface area (Å²) in [5.74, 6) is 0.408. The Morgan fingerprint density at radius 2 is 1.95 bits per heavy atom. The SMILES string of the molecule is O=C1CCN(C(=O)CCCOc2ccccc2[N+](=O)[O-])CC1. The number of nitro groups is 1. The fourth-order valence-electron chi connectivity index (χ4n) is 2.30. The highest BCUT2D eigenvalue weighted by Gasteiger charge is 2.20. The molecule has 0 radical (unpaired) electrons. The molecule has 0 atom stereocenters. The molecule has 1 saturated heterocycles. The van der Waals surface area contributed by atoms with Gasteiger partial charge in [0, 0.05) is 38.4 Å². The van der Waals surface area contributed by atoms with Crippen LogP contribution >= 0.6 is 0 Å². The Balaban J connectivity index is 1.74. The van der Waals surface area contributed by atoms with Crippen LogP contribution in [0.25, 0.3) is 0 Å². The number of likely N-dealkylation sites (tertiary alicyclic amines) is 1. The van der Waals surface area contributed by atoms with Gasteiger partial charge in [0.1, 0.15) is 5.78 Å². The standard InChI is InChI=1S/C15H18N2O5/c18-12-7-9-16(10-8-12)15(19)6-3-11-22-14-5-2-1-4-13(14)17(20)21/h1-2,4-5H,3,6-11H2. The fourth-order valence-corrected chi connectivity index (χ4v) is 2.30. The largest absolute Gasteiger partial charge is 0.487 e. The summed E-state index contributed by atoms with van der Waals surface area (Å²) in [5, 5.41) is 10.8. The van der Waals surface area contributed by atoms with Crippen LogP contribution in [0.15, 0.2) is 24.3 Å². The molecule has 1 aromatic carbocycles. The third-order valence-electron chi connectivity index (χ3n) is 3.53. The number of amides is 1. The van der Waals surface area contributed by atoms with Crippen LogP contribution < -0.4 is 4.74 Å². The Kier molecular flexibility index (Phi) is 5.46. The lowest BCUT2D eigenvalue weighted by atomic mass is 10.1. The predicted molar refractivity (Wildman–Crippen MR) is 78.6 cm³/mol. The van der Waals surface area contributed by atoms with E-state index in [1.54, 1.807) is 17.0 Å². The van der Waals surface area contributed by atoms with Crippen LogP contribution in [-0.2, 0) is 9.59 Å². The smallest absolute Gasteiger partial charge is 0.310 e. The molecule has 1 aliphatic rings. The fraction of sp³-hybridized carbons (Fsp3) is 0.467. The normalized spacial score (nSPS) is 14.7. The molecule has 1 aliphatic heterocycles. The zero-order chi connectivity index (χ0) is 15.9. The number of ketones is 1. The summed E-state index contributed by atoms with van der Waals surface area (Å²) in [7, 11) is 0. The molecular formula is C15H18N2O5. The molecule has 2 rings (SSSR count). The van der Waals surface area contributed by atoms with Gasteiger partial charge in [-0.05, 0) is 12.5 Å². The first-order valence-electron chi connectivity index (χ1n) is 7.23. The molecule has 0 aliphatic carbocycles. The number of carbonyl (C=O) groups is 2. The van der Waals surface area contributed by atoms with Gasteiger partial charge in [0.15, 0.2) is 5.75 Å². The minimum absolute atomic E-state index is 0.00124. The number of hydrogen-bond acceptors (Lipinski definition) is 5. The van der Waals surface area contributed by atoms with Crippen LogP contribution in [0, 0.1) is 10.1 Å². The molecule has 0 N–H and O–H groups in total. The maximum absolute atomic E-state index is 11.9. The van der Waals surface area contributed by atoms with E-state index < -0.39 is 4.92 Å². The summed E-state index contributed by atoms with van der Waals surface area (Å²) in [6, 6.07) is 6.16. The zero-order valence-electron chi connectivity index (χ0n) is 12.2. The minimum atomic E-state index is -0.495. The highest BCUT2D eigenvalue weighted by Crippen LogP contribution is 2.25. The van der Waals surface area contributed by atoms with Crippen molar-refractivity contribution in [2.75, 3.05) is 19.7 Å². The van der Waals surface area contributed by atoms with Gasteiger partial charge in [-0.15, -0.1) is 0 Å². The number of Topliss-reactive ketones (excluding diaryl/α,β-unsaturated/α-hetero) is 1. The second kappa shape index (κ2) is 7.53. The molecular weight excluding hydrogens is 288 g/mol. The first-order valence-corrected chi connectivity index (χ1v) is 7.23. The molecule has 0 unspecified atom stereocenters. The summed E-state index contributed by atoms with van der Waals surface area (Å²) in [4.78, 5) is 35.1. The highest BCUT2D eigenvalue weighted by molar-refractivity contribution is 5.83. The number of benzene rings is 1. The van der Waals surface area contributed by atoms with Crippen LogP contribution in [0.2, 0.25) is 0 Å². The third kappa shape index (κ3) is 4.28. The number of nitrogens with zero attached hydrogens (tertiary/aromatic N) is 2. The van der Waals surface area contributed by atoms with Crippen molar-refractivity contribution in [3.05, 3.63) is 34.4 Å². The lowest BCUT2D eigenvalue weighted by molar-refractivity contribution is -0.385. The van der Waals surface area contributed by atoms with E-state index in [0.717, 1.165) is 0 Å². The Morgan fingerprint density at radius 1 is 1.27 bits per heavy atom. The summed E-state index contributed by atoms with van der Waals surface area (Å²) < 4.78 is 5.39. The molecule has 7 nitrogen and oxygen atoms in total. The Morgan fingerprint density at radius 3 is 2.64 bits per heavy atom. The van der Waals surface area contributed by atoms with Gasteiger partial charge >= 0.3 is 5.69 Å². The average molecular weight is 306 g/mol. The van der Waals surface area contributed by atoms with Crippen molar-refractivity contribution in [2.45, 2.75) is 25.7 Å². The number of piperidine rings is 1. The summed E-state index contributed by atoms with van der Waals surface area (Å²) in [6.07, 6.45) is 1.65. The van der Waals surface area contributed by atoms with Gasteiger partial charge in [-0.2, -0.15) is 0 Å². The van der Waals surface area contributed by atoms with Crippen LogP contribution in [0.1, 0.15) is 25.7 Å². The van der Waals surface area contributed by atoms with Crippen molar-refractivity contribution in [3.63, 3.8) is 0 Å². The first-order chi connectivity index (χ1) is 10.6. The second-order valence-corrected chi connectivity index (χ2v) is 5.10. The van der Waals surface area contributed by atoms with Crippen LogP contribution in [0.5, 0.6) is 5.75 Å². The average Bonchev–Trinajstić information content (AvgIpc) is 2.52. The van der Waals surface area contributed by atoms with Crippen molar-refractivity contribution >= 4 is 17.4 Å². The first kappa shape index (κ1) is 15.9. The van der Waals surface area contributed by atoms with Crippen LogP contribution in [-0.4, -0.2) is 41.2 Å². The van der Waals surface area contributed by atoms with E-state index in [0.29, 0.717) is 38.8 Å². The number of hydrogen-bond donors (Lipinski definition) is 0. The number of nitro benzene ring substituents is 1. The number of rotatable bonds is 6. The van der Waals surface area contributed by atoms with Gasteiger partial charge in [0.2, 0.25) is 5.91 Å². The van der Waals surface area contributed by atoms with Crippen LogP contribution in [0.4, 0.5) is 5.69 Å². The number of ether oxygens (including phenoxy) is 1. The van der Waals surface area contributed by atoms with Crippen molar-refractivity contribution < 1.29 is 19.2 Å². The number of carbonyl (C=O) groups excluding carboxylic acids is 2. The highest BCUT2D eigenvalue weighted by atomic mass is 16.6. The van der Waals surface area contributed by atoms with E-state index in [2.05, 4.69) is 0 Å². The minimum Gasteiger partial charge on any atom is -0.487 e. The van der Waals surface area contributed by atoms with E-state index in [1.165, 1.54) is 12.1 Å². The Bertz CT molecular complexity index is 563. The van der Waals surface area contributed by atoms with E-state index in [4.69, 9.17) is 4.74 Å². The number of para-hydroxylation sites is 2. The van der Waals surface area contributed by atoms with Crippen molar-refractivity contribution in [3.8, 4) is 5.75 Å². The van der Waals surface area contributed by atoms with Crippen LogP contribution in [0.3, 0.4) is 0 Å². The third-order valence-corrected chi connectivity index (χ3v) is 3.53. The monoisotopic (exact) mass is 306 g/mol. The molecule has 118 valence electrons. The molecule has 0 aromatic heterocycles. The molecule has 22 heavy (non-hydrogen) atoms. The molecule has 1 aromatic rings. The van der Waals surface area contributed by atoms with E-state index in [1.807, 2.05) is 0 Å². The lowest BCUT2D eigenvalue weighted by Gasteiger charge is -2.26. The molecule has 0 spiro atoms. The zero-order valence-corrected chi connectivity index (χ0v) is 12.2. The topological polar surface area (TPSA) is 89.8 Å². The Labute approximate surface area is 128 Å². The predicted octanol–water partition coefficient (Wildman–Crippen LogP) is 1.95.